The summed E-state index contributed by atoms with van der Waals surface area (Å²) in [5.41, 5.74) is 3.29. The SMILES string of the molecule is COC(=O)C1CCN(C(=O)Cc2cn(Cc3ccc(Cl)cc3)c3ccccc23)CC1. The Labute approximate surface area is 181 Å². The largest absolute Gasteiger partial charge is 0.469 e. The highest BCUT2D eigenvalue weighted by molar-refractivity contribution is 6.30. The van der Waals surface area contributed by atoms with E-state index in [2.05, 4.69) is 22.9 Å². The number of halogens is 1. The van der Waals surface area contributed by atoms with Gasteiger partial charge in [-0.15, -0.1) is 0 Å². The van der Waals surface area contributed by atoms with Crippen molar-refractivity contribution in [2.45, 2.75) is 25.8 Å². The number of fused-ring (bicyclic) bond motifs is 1. The number of amides is 1. The standard InChI is InChI=1S/C24H25ClN2O3/c1-30-24(29)18-10-12-26(13-11-18)23(28)14-19-16-27(22-5-3-2-4-21(19)22)15-17-6-8-20(25)9-7-17/h2-9,16,18H,10-15H2,1H3. The predicted octanol–water partition coefficient (Wildman–Crippen LogP) is 4.30. The molecule has 1 fully saturated rings. The maximum absolute atomic E-state index is 12.9. The Bertz CT molecular complexity index is 1050. The Hall–Kier alpha value is -2.79. The van der Waals surface area contributed by atoms with Gasteiger partial charge >= 0.3 is 5.97 Å². The van der Waals surface area contributed by atoms with Crippen molar-refractivity contribution in [2.24, 2.45) is 5.92 Å². The second-order valence-corrected chi connectivity index (χ2v) is 8.22. The molecule has 3 aromatic rings. The predicted molar refractivity (Wildman–Crippen MR) is 118 cm³/mol. The highest BCUT2D eigenvalue weighted by Crippen LogP contribution is 2.25. The fraction of sp³-hybridized carbons (Fsp3) is 0.333. The van der Waals surface area contributed by atoms with E-state index in [9.17, 15) is 9.59 Å². The number of piperidine rings is 1. The number of carbonyl (C=O) groups is 2. The summed E-state index contributed by atoms with van der Waals surface area (Å²) in [6.07, 6.45) is 3.77. The number of hydrogen-bond acceptors (Lipinski definition) is 3. The number of nitrogens with zero attached hydrogens (tertiary/aromatic N) is 2. The average Bonchev–Trinajstić information content (AvgIpc) is 3.12. The van der Waals surface area contributed by atoms with Gasteiger partial charge in [0.25, 0.3) is 0 Å². The first-order chi connectivity index (χ1) is 14.5. The summed E-state index contributed by atoms with van der Waals surface area (Å²) in [7, 11) is 1.42. The maximum atomic E-state index is 12.9. The van der Waals surface area contributed by atoms with Gasteiger partial charge in [-0.05, 0) is 42.2 Å². The molecule has 0 radical (unpaired) electrons. The van der Waals surface area contributed by atoms with Gasteiger partial charge in [0.05, 0.1) is 19.4 Å². The van der Waals surface area contributed by atoms with Gasteiger partial charge in [0.1, 0.15) is 0 Å². The number of aromatic nitrogens is 1. The highest BCUT2D eigenvalue weighted by Gasteiger charge is 2.28. The molecule has 0 spiro atoms. The van der Waals surface area contributed by atoms with Gasteiger partial charge in [-0.2, -0.15) is 0 Å². The van der Waals surface area contributed by atoms with Crippen molar-refractivity contribution in [2.75, 3.05) is 20.2 Å². The van der Waals surface area contributed by atoms with Gasteiger partial charge in [0, 0.05) is 41.8 Å². The van der Waals surface area contributed by atoms with Crippen LogP contribution >= 0.6 is 11.6 Å². The lowest BCUT2D eigenvalue weighted by atomic mass is 9.96. The zero-order valence-electron chi connectivity index (χ0n) is 17.0. The van der Waals surface area contributed by atoms with Gasteiger partial charge < -0.3 is 14.2 Å². The summed E-state index contributed by atoms with van der Waals surface area (Å²) >= 11 is 6.00. The van der Waals surface area contributed by atoms with Crippen molar-refractivity contribution >= 4 is 34.4 Å². The number of carbonyl (C=O) groups excluding carboxylic acids is 2. The minimum Gasteiger partial charge on any atom is -0.469 e. The molecule has 0 atom stereocenters. The number of likely N-dealkylation sites (tertiary alicyclic amines) is 1. The van der Waals surface area contributed by atoms with Crippen LogP contribution in [0.3, 0.4) is 0 Å². The second kappa shape index (κ2) is 8.92. The van der Waals surface area contributed by atoms with Crippen molar-refractivity contribution in [3.05, 3.63) is 70.9 Å². The molecule has 4 rings (SSSR count). The van der Waals surface area contributed by atoms with Crippen LogP contribution < -0.4 is 0 Å². The molecule has 1 aliphatic heterocycles. The smallest absolute Gasteiger partial charge is 0.308 e. The Morgan fingerprint density at radius 2 is 1.77 bits per heavy atom. The zero-order chi connectivity index (χ0) is 21.1. The lowest BCUT2D eigenvalue weighted by Gasteiger charge is -2.30. The molecule has 1 saturated heterocycles. The van der Waals surface area contributed by atoms with E-state index in [1.807, 2.05) is 41.3 Å². The van der Waals surface area contributed by atoms with Crippen LogP contribution in [0.1, 0.15) is 24.0 Å². The van der Waals surface area contributed by atoms with Crippen LogP contribution in [0.2, 0.25) is 5.02 Å². The quantitative estimate of drug-likeness (QED) is 0.574. The number of benzene rings is 2. The molecule has 2 aromatic carbocycles. The average molecular weight is 425 g/mol. The highest BCUT2D eigenvalue weighted by atomic mass is 35.5. The monoisotopic (exact) mass is 424 g/mol. The van der Waals surface area contributed by atoms with Crippen LogP contribution in [-0.2, 0) is 27.3 Å². The van der Waals surface area contributed by atoms with Crippen LogP contribution in [0.5, 0.6) is 0 Å². The summed E-state index contributed by atoms with van der Waals surface area (Å²) in [6, 6.07) is 16.0. The van der Waals surface area contributed by atoms with Crippen molar-refractivity contribution in [3.63, 3.8) is 0 Å². The summed E-state index contributed by atoms with van der Waals surface area (Å²) < 4.78 is 7.02. The van der Waals surface area contributed by atoms with Crippen LogP contribution in [0.4, 0.5) is 0 Å². The Kier molecular flexibility index (Phi) is 6.09. The number of methoxy groups -OCH3 is 1. The Morgan fingerprint density at radius 1 is 1.07 bits per heavy atom. The molecule has 0 N–H and O–H groups in total. The van der Waals surface area contributed by atoms with Gasteiger partial charge in [0.15, 0.2) is 0 Å². The normalized spacial score (nSPS) is 14.8. The minimum absolute atomic E-state index is 0.0969. The molecule has 0 aliphatic carbocycles. The number of para-hydroxylation sites is 1. The van der Waals surface area contributed by atoms with Crippen molar-refractivity contribution in [3.8, 4) is 0 Å². The fourth-order valence-electron chi connectivity index (χ4n) is 4.19. The molecule has 1 aliphatic rings. The van der Waals surface area contributed by atoms with E-state index in [1.165, 1.54) is 7.11 Å². The minimum atomic E-state index is -0.174. The topological polar surface area (TPSA) is 51.5 Å². The molecule has 0 bridgehead atoms. The molecule has 2 heterocycles. The van der Waals surface area contributed by atoms with E-state index in [4.69, 9.17) is 16.3 Å². The molecule has 30 heavy (non-hydrogen) atoms. The third kappa shape index (κ3) is 4.36. The molecule has 6 heteroatoms. The first kappa shape index (κ1) is 20.5. The van der Waals surface area contributed by atoms with Crippen LogP contribution in [-0.4, -0.2) is 41.5 Å². The molecule has 0 unspecified atom stereocenters. The van der Waals surface area contributed by atoms with Gasteiger partial charge in [-0.25, -0.2) is 0 Å². The van der Waals surface area contributed by atoms with Gasteiger partial charge in [-0.3, -0.25) is 9.59 Å². The maximum Gasteiger partial charge on any atom is 0.308 e. The van der Waals surface area contributed by atoms with Crippen LogP contribution in [0.25, 0.3) is 10.9 Å². The number of ether oxygens (including phenoxy) is 1. The fourth-order valence-corrected chi connectivity index (χ4v) is 4.31. The third-order valence-electron chi connectivity index (χ3n) is 5.86. The number of esters is 1. The Balaban J connectivity index is 1.50. The first-order valence-corrected chi connectivity index (χ1v) is 10.6. The summed E-state index contributed by atoms with van der Waals surface area (Å²) in [5.74, 6) is -0.166. The van der Waals surface area contributed by atoms with E-state index in [0.29, 0.717) is 32.4 Å². The lowest BCUT2D eigenvalue weighted by Crippen LogP contribution is -2.41. The van der Waals surface area contributed by atoms with Crippen molar-refractivity contribution in [1.82, 2.24) is 9.47 Å². The molecule has 156 valence electrons. The molecule has 1 aromatic heterocycles. The number of rotatable bonds is 5. The molecule has 5 nitrogen and oxygen atoms in total. The van der Waals surface area contributed by atoms with E-state index in [-0.39, 0.29) is 17.8 Å². The van der Waals surface area contributed by atoms with Crippen molar-refractivity contribution in [1.29, 1.82) is 0 Å². The summed E-state index contributed by atoms with van der Waals surface area (Å²) in [5, 5.41) is 1.82. The van der Waals surface area contributed by atoms with E-state index >= 15 is 0 Å². The molecular weight excluding hydrogens is 400 g/mol. The molecule has 0 saturated carbocycles. The summed E-state index contributed by atoms with van der Waals surface area (Å²) in [6.45, 7) is 1.92. The van der Waals surface area contributed by atoms with E-state index in [0.717, 1.165) is 33.6 Å². The van der Waals surface area contributed by atoms with Gasteiger partial charge in [-0.1, -0.05) is 41.9 Å². The van der Waals surface area contributed by atoms with Crippen molar-refractivity contribution < 1.29 is 14.3 Å². The molecular formula is C24H25ClN2O3. The summed E-state index contributed by atoms with van der Waals surface area (Å²) in [4.78, 5) is 26.5. The van der Waals surface area contributed by atoms with E-state index in [1.54, 1.807) is 0 Å². The van der Waals surface area contributed by atoms with E-state index < -0.39 is 0 Å². The third-order valence-corrected chi connectivity index (χ3v) is 6.11. The Morgan fingerprint density at radius 3 is 2.47 bits per heavy atom. The van der Waals surface area contributed by atoms with Gasteiger partial charge in [0.2, 0.25) is 5.91 Å². The molecule has 1 amide bonds. The van der Waals surface area contributed by atoms with Crippen LogP contribution in [0.15, 0.2) is 54.7 Å². The van der Waals surface area contributed by atoms with Crippen LogP contribution in [0, 0.1) is 5.92 Å². The second-order valence-electron chi connectivity index (χ2n) is 7.78. The first-order valence-electron chi connectivity index (χ1n) is 10.2. The lowest BCUT2D eigenvalue weighted by molar-refractivity contribution is -0.148. The zero-order valence-corrected chi connectivity index (χ0v) is 17.8. The number of hydrogen-bond donors (Lipinski definition) is 0.